The minimum absolute atomic E-state index is 0.633. The molecule has 0 spiro atoms. The fourth-order valence-electron chi connectivity index (χ4n) is 0.864. The minimum atomic E-state index is 0.633. The highest BCUT2D eigenvalue weighted by atomic mass is 32.1. The maximum Gasteiger partial charge on any atom is 0.142 e. The van der Waals surface area contributed by atoms with Crippen LogP contribution >= 0.6 is 22.7 Å². The summed E-state index contributed by atoms with van der Waals surface area (Å²) in [6, 6.07) is 2.05. The number of hydrogen-bond acceptors (Lipinski definition) is 4. The number of nitrogens with two attached hydrogens (primary N) is 1. The largest absolute Gasteiger partial charge is 0.382 e. The second kappa shape index (κ2) is 2.64. The summed E-state index contributed by atoms with van der Waals surface area (Å²) in [7, 11) is 0. The van der Waals surface area contributed by atoms with Crippen molar-refractivity contribution in [3.05, 3.63) is 22.3 Å². The molecule has 2 aromatic heterocycles. The van der Waals surface area contributed by atoms with Crippen LogP contribution in [0.4, 0.5) is 5.82 Å². The van der Waals surface area contributed by atoms with Crippen molar-refractivity contribution in [2.45, 2.75) is 0 Å². The monoisotopic (exact) mass is 182 g/mol. The standard InChI is InChI=1S/C7H6N2S2/c8-7-6(11-4-9-7)5-1-2-10-3-5/h1-4H,8H2. The lowest BCUT2D eigenvalue weighted by Crippen LogP contribution is -1.84. The van der Waals surface area contributed by atoms with Gasteiger partial charge in [-0.2, -0.15) is 11.3 Å². The number of nitrogens with zero attached hydrogens (tertiary/aromatic N) is 1. The number of nitrogen functional groups attached to an aromatic ring is 1. The molecule has 2 N–H and O–H groups in total. The molecule has 0 aromatic carbocycles. The normalized spacial score (nSPS) is 10.2. The Labute approximate surface area is 72.3 Å². The number of hydrogen-bond donors (Lipinski definition) is 1. The van der Waals surface area contributed by atoms with Crippen LogP contribution in [-0.4, -0.2) is 4.98 Å². The van der Waals surface area contributed by atoms with Crippen LogP contribution in [-0.2, 0) is 0 Å². The number of thiophene rings is 1. The van der Waals surface area contributed by atoms with Crippen molar-refractivity contribution in [2.24, 2.45) is 0 Å². The average Bonchev–Trinajstić information content (AvgIpc) is 2.55. The Morgan fingerprint density at radius 1 is 1.45 bits per heavy atom. The van der Waals surface area contributed by atoms with E-state index in [1.54, 1.807) is 28.2 Å². The van der Waals surface area contributed by atoms with Gasteiger partial charge < -0.3 is 5.73 Å². The van der Waals surface area contributed by atoms with Crippen LogP contribution in [0.15, 0.2) is 22.3 Å². The SMILES string of the molecule is Nc1ncsc1-c1ccsc1. The summed E-state index contributed by atoms with van der Waals surface area (Å²) in [6.45, 7) is 0. The van der Waals surface area contributed by atoms with Crippen LogP contribution in [0.5, 0.6) is 0 Å². The number of anilines is 1. The second-order valence-corrected chi connectivity index (χ2v) is 3.71. The average molecular weight is 182 g/mol. The van der Waals surface area contributed by atoms with E-state index < -0.39 is 0 Å². The third-order valence-electron chi connectivity index (χ3n) is 1.38. The zero-order valence-corrected chi connectivity index (χ0v) is 7.28. The van der Waals surface area contributed by atoms with Crippen LogP contribution in [0.2, 0.25) is 0 Å². The smallest absolute Gasteiger partial charge is 0.142 e. The molecule has 0 saturated heterocycles. The summed E-state index contributed by atoms with van der Waals surface area (Å²) in [5.41, 5.74) is 8.58. The van der Waals surface area contributed by atoms with Crippen molar-refractivity contribution >= 4 is 28.5 Å². The molecule has 0 bridgehead atoms. The molecule has 0 unspecified atom stereocenters. The molecule has 0 fully saturated rings. The lowest BCUT2D eigenvalue weighted by molar-refractivity contribution is 1.43. The molecule has 56 valence electrons. The van der Waals surface area contributed by atoms with Gasteiger partial charge in [0.1, 0.15) is 5.82 Å². The van der Waals surface area contributed by atoms with E-state index in [1.165, 1.54) is 5.56 Å². The third kappa shape index (κ3) is 1.15. The van der Waals surface area contributed by atoms with Gasteiger partial charge in [0.2, 0.25) is 0 Å². The van der Waals surface area contributed by atoms with Crippen LogP contribution in [0.25, 0.3) is 10.4 Å². The van der Waals surface area contributed by atoms with Gasteiger partial charge in [0.15, 0.2) is 0 Å². The highest BCUT2D eigenvalue weighted by Crippen LogP contribution is 2.30. The summed E-state index contributed by atoms with van der Waals surface area (Å²) in [5, 5.41) is 4.11. The lowest BCUT2D eigenvalue weighted by Gasteiger charge is -1.90. The Morgan fingerprint density at radius 3 is 2.91 bits per heavy atom. The molecule has 11 heavy (non-hydrogen) atoms. The first-order chi connectivity index (χ1) is 5.38. The molecule has 0 atom stereocenters. The molecule has 2 heterocycles. The quantitative estimate of drug-likeness (QED) is 0.735. The van der Waals surface area contributed by atoms with Gasteiger partial charge in [-0.15, -0.1) is 11.3 Å². The summed E-state index contributed by atoms with van der Waals surface area (Å²) in [6.07, 6.45) is 0. The van der Waals surface area contributed by atoms with Crippen LogP contribution < -0.4 is 5.73 Å². The molecule has 0 saturated carbocycles. The maximum absolute atomic E-state index is 5.64. The molecule has 2 aromatic rings. The van der Waals surface area contributed by atoms with E-state index in [-0.39, 0.29) is 0 Å². The molecule has 0 aliphatic carbocycles. The highest BCUT2D eigenvalue weighted by Gasteiger charge is 2.04. The van der Waals surface area contributed by atoms with E-state index in [2.05, 4.69) is 16.4 Å². The van der Waals surface area contributed by atoms with E-state index in [0.29, 0.717) is 5.82 Å². The number of thiazole rings is 1. The van der Waals surface area contributed by atoms with Crippen molar-refractivity contribution in [3.63, 3.8) is 0 Å². The number of rotatable bonds is 1. The van der Waals surface area contributed by atoms with Gasteiger partial charge in [0.05, 0.1) is 10.4 Å². The van der Waals surface area contributed by atoms with E-state index >= 15 is 0 Å². The van der Waals surface area contributed by atoms with Gasteiger partial charge in [-0.25, -0.2) is 4.98 Å². The molecular formula is C7H6N2S2. The molecule has 2 nitrogen and oxygen atoms in total. The fourth-order valence-corrected chi connectivity index (χ4v) is 2.29. The Bertz CT molecular complexity index is 337. The predicted octanol–water partition coefficient (Wildman–Crippen LogP) is 2.45. The van der Waals surface area contributed by atoms with Crippen molar-refractivity contribution in [2.75, 3.05) is 5.73 Å². The molecular weight excluding hydrogens is 176 g/mol. The Morgan fingerprint density at radius 2 is 2.36 bits per heavy atom. The van der Waals surface area contributed by atoms with Crippen molar-refractivity contribution in [3.8, 4) is 10.4 Å². The number of aromatic nitrogens is 1. The first-order valence-electron chi connectivity index (χ1n) is 3.09. The molecule has 0 radical (unpaired) electrons. The first-order valence-corrected chi connectivity index (χ1v) is 4.91. The third-order valence-corrected chi connectivity index (χ3v) is 2.95. The Balaban J connectivity index is 2.53. The zero-order valence-electron chi connectivity index (χ0n) is 5.65. The molecule has 4 heteroatoms. The summed E-state index contributed by atoms with van der Waals surface area (Å²) in [5.74, 6) is 0.633. The topological polar surface area (TPSA) is 38.9 Å². The van der Waals surface area contributed by atoms with E-state index in [4.69, 9.17) is 5.73 Å². The van der Waals surface area contributed by atoms with Crippen molar-refractivity contribution in [1.29, 1.82) is 0 Å². The van der Waals surface area contributed by atoms with Gasteiger partial charge in [-0.3, -0.25) is 0 Å². The zero-order chi connectivity index (χ0) is 7.68. The van der Waals surface area contributed by atoms with E-state index in [1.807, 2.05) is 5.38 Å². The molecule has 0 aliphatic rings. The first kappa shape index (κ1) is 6.82. The van der Waals surface area contributed by atoms with Gasteiger partial charge in [0.25, 0.3) is 0 Å². The van der Waals surface area contributed by atoms with E-state index in [9.17, 15) is 0 Å². The molecule has 2 rings (SSSR count). The van der Waals surface area contributed by atoms with Gasteiger partial charge in [-0.05, 0) is 16.8 Å². The van der Waals surface area contributed by atoms with Crippen molar-refractivity contribution < 1.29 is 0 Å². The molecule has 0 aliphatic heterocycles. The maximum atomic E-state index is 5.64. The van der Waals surface area contributed by atoms with Gasteiger partial charge in [0, 0.05) is 5.56 Å². The van der Waals surface area contributed by atoms with Crippen molar-refractivity contribution in [1.82, 2.24) is 4.98 Å². The Hall–Kier alpha value is -0.870. The van der Waals surface area contributed by atoms with Gasteiger partial charge in [-0.1, -0.05) is 0 Å². The summed E-state index contributed by atoms with van der Waals surface area (Å²) < 4.78 is 0. The van der Waals surface area contributed by atoms with Crippen LogP contribution in [0.3, 0.4) is 0 Å². The van der Waals surface area contributed by atoms with Crippen LogP contribution in [0, 0.1) is 0 Å². The van der Waals surface area contributed by atoms with E-state index in [0.717, 1.165) is 4.88 Å². The van der Waals surface area contributed by atoms with Gasteiger partial charge >= 0.3 is 0 Å². The molecule has 0 amide bonds. The Kier molecular flexibility index (Phi) is 1.63. The fraction of sp³-hybridized carbons (Fsp3) is 0. The van der Waals surface area contributed by atoms with Crippen LogP contribution in [0.1, 0.15) is 0 Å². The minimum Gasteiger partial charge on any atom is -0.382 e. The lowest BCUT2D eigenvalue weighted by atomic mass is 10.3. The summed E-state index contributed by atoms with van der Waals surface area (Å²) in [4.78, 5) is 5.05. The summed E-state index contributed by atoms with van der Waals surface area (Å²) >= 11 is 3.25. The second-order valence-electron chi connectivity index (χ2n) is 2.08. The highest BCUT2D eigenvalue weighted by molar-refractivity contribution is 7.14. The predicted molar refractivity (Wildman–Crippen MR) is 49.8 cm³/mol.